The zero-order chi connectivity index (χ0) is 19.5. The third-order valence-electron chi connectivity index (χ3n) is 6.29. The van der Waals surface area contributed by atoms with Gasteiger partial charge in [0.2, 0.25) is 5.91 Å². The van der Waals surface area contributed by atoms with E-state index in [1.165, 1.54) is 35.6 Å². The Kier molecular flexibility index (Phi) is 5.77. The molecule has 0 bridgehead atoms. The number of rotatable bonds is 5. The average molecular weight is 381 g/mol. The lowest BCUT2D eigenvalue weighted by Gasteiger charge is -2.32. The Hall–Kier alpha value is -2.20. The Balaban J connectivity index is 1.28. The first-order valence-electron chi connectivity index (χ1n) is 10.5. The number of likely N-dealkylation sites (tertiary alicyclic amines) is 1. The number of piperidine rings is 1. The second-order valence-electron chi connectivity index (χ2n) is 8.25. The number of carbonyl (C=O) groups is 1. The molecule has 0 saturated carbocycles. The van der Waals surface area contributed by atoms with E-state index < -0.39 is 0 Å². The number of carbonyl (C=O) groups excluding carboxylic acids is 1. The number of benzene rings is 2. The van der Waals surface area contributed by atoms with Crippen molar-refractivity contribution in [3.8, 4) is 0 Å². The molecule has 1 atom stereocenters. The first kappa shape index (κ1) is 19.1. The summed E-state index contributed by atoms with van der Waals surface area (Å²) in [7, 11) is 0. The number of hydrogen-bond donors (Lipinski definition) is 1. The molecule has 2 aromatic carbocycles. The van der Waals surface area contributed by atoms with Crippen LogP contribution >= 0.6 is 0 Å². The fourth-order valence-electron chi connectivity index (χ4n) is 4.50. The van der Waals surface area contributed by atoms with Crippen LogP contribution in [-0.4, -0.2) is 23.9 Å². The van der Waals surface area contributed by atoms with E-state index in [0.717, 1.165) is 37.9 Å². The Labute approximate surface area is 166 Å². The van der Waals surface area contributed by atoms with E-state index in [0.29, 0.717) is 6.54 Å². The van der Waals surface area contributed by atoms with Crippen LogP contribution in [0, 0.1) is 11.7 Å². The lowest BCUT2D eigenvalue weighted by molar-refractivity contribution is -0.127. The summed E-state index contributed by atoms with van der Waals surface area (Å²) < 4.78 is 13.8. The van der Waals surface area contributed by atoms with Crippen molar-refractivity contribution in [3.63, 3.8) is 0 Å². The van der Waals surface area contributed by atoms with Crippen LogP contribution in [0.25, 0.3) is 0 Å². The number of halogens is 1. The molecule has 1 heterocycles. The molecular formula is C24H29FN2O. The standard InChI is InChI=1S/C24H29FN2O/c1-17(20-10-9-18-6-4-7-21(18)15-20)26-24(28)19-11-13-27(14-12-19)16-22-5-2-3-8-23(22)25/h2-3,5,8-10,15,17,19H,4,6-7,11-14,16H2,1H3,(H,26,28). The smallest absolute Gasteiger partial charge is 0.223 e. The van der Waals surface area contributed by atoms with Crippen LogP contribution in [0.3, 0.4) is 0 Å². The normalized spacial score (nSPS) is 18.6. The van der Waals surface area contributed by atoms with Crippen molar-refractivity contribution in [2.24, 2.45) is 5.92 Å². The minimum atomic E-state index is -0.148. The second kappa shape index (κ2) is 8.44. The van der Waals surface area contributed by atoms with E-state index >= 15 is 0 Å². The van der Waals surface area contributed by atoms with E-state index in [4.69, 9.17) is 0 Å². The highest BCUT2D eigenvalue weighted by Gasteiger charge is 2.26. The number of amides is 1. The lowest BCUT2D eigenvalue weighted by atomic mass is 9.94. The zero-order valence-electron chi connectivity index (χ0n) is 16.6. The van der Waals surface area contributed by atoms with E-state index in [1.54, 1.807) is 6.07 Å². The van der Waals surface area contributed by atoms with Crippen molar-refractivity contribution in [1.82, 2.24) is 10.2 Å². The maximum absolute atomic E-state index is 13.8. The highest BCUT2D eigenvalue weighted by molar-refractivity contribution is 5.79. The van der Waals surface area contributed by atoms with Crippen LogP contribution in [0.5, 0.6) is 0 Å². The van der Waals surface area contributed by atoms with E-state index in [9.17, 15) is 9.18 Å². The Morgan fingerprint density at radius 2 is 1.89 bits per heavy atom. The van der Waals surface area contributed by atoms with E-state index in [-0.39, 0.29) is 23.7 Å². The summed E-state index contributed by atoms with van der Waals surface area (Å²) in [5, 5.41) is 3.21. The predicted molar refractivity (Wildman–Crippen MR) is 109 cm³/mol. The molecule has 1 saturated heterocycles. The zero-order valence-corrected chi connectivity index (χ0v) is 16.6. The number of aryl methyl sites for hydroxylation is 2. The summed E-state index contributed by atoms with van der Waals surface area (Å²) >= 11 is 0. The van der Waals surface area contributed by atoms with Gasteiger partial charge in [0.15, 0.2) is 0 Å². The third-order valence-corrected chi connectivity index (χ3v) is 6.29. The molecule has 0 aromatic heterocycles. The van der Waals surface area contributed by atoms with E-state index in [1.807, 2.05) is 12.1 Å². The molecule has 1 unspecified atom stereocenters. The van der Waals surface area contributed by atoms with Gasteiger partial charge in [0.05, 0.1) is 6.04 Å². The summed E-state index contributed by atoms with van der Waals surface area (Å²) in [6.45, 7) is 4.35. The molecule has 4 rings (SSSR count). The quantitative estimate of drug-likeness (QED) is 0.834. The molecule has 3 nitrogen and oxygen atoms in total. The van der Waals surface area contributed by atoms with Gasteiger partial charge >= 0.3 is 0 Å². The monoisotopic (exact) mass is 380 g/mol. The van der Waals surface area contributed by atoms with Gasteiger partial charge in [-0.25, -0.2) is 4.39 Å². The predicted octanol–water partition coefficient (Wildman–Crippen LogP) is 4.40. The van der Waals surface area contributed by atoms with Crippen LogP contribution in [-0.2, 0) is 24.2 Å². The topological polar surface area (TPSA) is 32.3 Å². The Morgan fingerprint density at radius 1 is 1.14 bits per heavy atom. The van der Waals surface area contributed by atoms with Crippen molar-refractivity contribution >= 4 is 5.91 Å². The van der Waals surface area contributed by atoms with Crippen LogP contribution in [0.4, 0.5) is 4.39 Å². The van der Waals surface area contributed by atoms with Crippen molar-refractivity contribution in [2.45, 2.75) is 51.6 Å². The molecule has 1 amide bonds. The molecule has 2 aromatic rings. The number of hydrogen-bond acceptors (Lipinski definition) is 2. The summed E-state index contributed by atoms with van der Waals surface area (Å²) in [4.78, 5) is 15.0. The van der Waals surface area contributed by atoms with Gasteiger partial charge in [0, 0.05) is 18.0 Å². The molecule has 0 spiro atoms. The Morgan fingerprint density at radius 3 is 2.68 bits per heavy atom. The molecule has 1 fully saturated rings. The van der Waals surface area contributed by atoms with Crippen molar-refractivity contribution < 1.29 is 9.18 Å². The van der Waals surface area contributed by atoms with E-state index in [2.05, 4.69) is 35.3 Å². The van der Waals surface area contributed by atoms with Gasteiger partial charge in [-0.05, 0) is 74.9 Å². The van der Waals surface area contributed by atoms with Crippen molar-refractivity contribution in [3.05, 3.63) is 70.5 Å². The molecule has 1 aliphatic carbocycles. The summed E-state index contributed by atoms with van der Waals surface area (Å²) in [5.74, 6) is 0.0535. The van der Waals surface area contributed by atoms with Gasteiger partial charge in [-0.2, -0.15) is 0 Å². The van der Waals surface area contributed by atoms with Gasteiger partial charge in [0.25, 0.3) is 0 Å². The lowest BCUT2D eigenvalue weighted by Crippen LogP contribution is -2.41. The summed E-state index contributed by atoms with van der Waals surface area (Å²) in [5.41, 5.74) is 4.84. The molecule has 0 radical (unpaired) electrons. The first-order chi connectivity index (χ1) is 13.6. The van der Waals surface area contributed by atoms with Crippen LogP contribution in [0.2, 0.25) is 0 Å². The molecule has 148 valence electrons. The highest BCUT2D eigenvalue weighted by Crippen LogP contribution is 2.26. The summed E-state index contributed by atoms with van der Waals surface area (Å²) in [6.07, 6.45) is 5.24. The van der Waals surface area contributed by atoms with Gasteiger partial charge in [-0.1, -0.05) is 36.4 Å². The fourth-order valence-corrected chi connectivity index (χ4v) is 4.50. The molecular weight excluding hydrogens is 351 g/mol. The average Bonchev–Trinajstić information content (AvgIpc) is 3.18. The van der Waals surface area contributed by atoms with Gasteiger partial charge < -0.3 is 5.32 Å². The van der Waals surface area contributed by atoms with Crippen molar-refractivity contribution in [2.75, 3.05) is 13.1 Å². The van der Waals surface area contributed by atoms with Crippen LogP contribution in [0.15, 0.2) is 42.5 Å². The van der Waals surface area contributed by atoms with Crippen molar-refractivity contribution in [1.29, 1.82) is 0 Å². The SMILES string of the molecule is CC(NC(=O)C1CCN(Cc2ccccc2F)CC1)c1ccc2c(c1)CCC2. The number of nitrogens with one attached hydrogen (secondary N) is 1. The minimum absolute atomic E-state index is 0.0369. The largest absolute Gasteiger partial charge is 0.349 e. The Bertz CT molecular complexity index is 842. The minimum Gasteiger partial charge on any atom is -0.349 e. The van der Waals surface area contributed by atoms with Gasteiger partial charge in [-0.15, -0.1) is 0 Å². The molecule has 1 N–H and O–H groups in total. The molecule has 1 aliphatic heterocycles. The third kappa shape index (κ3) is 4.27. The van der Waals surface area contributed by atoms with Crippen LogP contribution in [0.1, 0.15) is 54.5 Å². The molecule has 4 heteroatoms. The van der Waals surface area contributed by atoms with Gasteiger partial charge in [0.1, 0.15) is 5.82 Å². The second-order valence-corrected chi connectivity index (χ2v) is 8.25. The molecule has 28 heavy (non-hydrogen) atoms. The van der Waals surface area contributed by atoms with Crippen LogP contribution < -0.4 is 5.32 Å². The highest BCUT2D eigenvalue weighted by atomic mass is 19.1. The fraction of sp³-hybridized carbons (Fsp3) is 0.458. The maximum atomic E-state index is 13.8. The first-order valence-corrected chi connectivity index (χ1v) is 10.5. The summed E-state index contributed by atoms with van der Waals surface area (Å²) in [6, 6.07) is 13.6. The molecule has 2 aliphatic rings. The maximum Gasteiger partial charge on any atom is 0.223 e. The number of nitrogens with zero attached hydrogens (tertiary/aromatic N) is 1. The number of fused-ring (bicyclic) bond motifs is 1. The van der Waals surface area contributed by atoms with Gasteiger partial charge in [-0.3, -0.25) is 9.69 Å².